The second-order valence-electron chi connectivity index (χ2n) is 10.4. The third-order valence-electron chi connectivity index (χ3n) is 8.00. The van der Waals surface area contributed by atoms with E-state index in [0.29, 0.717) is 16.3 Å². The van der Waals surface area contributed by atoms with Gasteiger partial charge in [0, 0.05) is 16.1 Å². The largest absolute Gasteiger partial charge is 0.497 e. The molecule has 0 spiro atoms. The number of hydrazine groups is 1. The Morgan fingerprint density at radius 1 is 0.833 bits per heavy atom. The summed E-state index contributed by atoms with van der Waals surface area (Å²) in [6, 6.07) is 18.3. The summed E-state index contributed by atoms with van der Waals surface area (Å²) in [4.78, 5) is 66.7. The number of ether oxygens (including phenoxy) is 2. The Hall–Kier alpha value is -4.76. The standard InChI is InChI=1S/C32H25ClN2O7/c1-41-25-4-2-3-22(16-25)32(40)42-24-13-9-18(10-14-24)26(36)17-34(29(37)19-7-11-23(33)12-8-19)35-30(38)27-20-5-6-21(15-20)28(27)31(35)39/h2-14,16,20-21,27-28H,15,17H2,1H3/t20-,21-,27-,28+/m0/s1. The first-order valence-corrected chi connectivity index (χ1v) is 13.8. The molecule has 6 rings (SSSR count). The number of imide groups is 1. The maximum Gasteiger partial charge on any atom is 0.343 e. The van der Waals surface area contributed by atoms with Crippen LogP contribution in [-0.4, -0.2) is 53.1 Å². The first-order chi connectivity index (χ1) is 20.2. The maximum absolute atomic E-state index is 13.7. The number of benzene rings is 3. The predicted molar refractivity (Wildman–Crippen MR) is 151 cm³/mol. The number of carbonyl (C=O) groups is 5. The van der Waals surface area contributed by atoms with Crippen LogP contribution in [0.3, 0.4) is 0 Å². The van der Waals surface area contributed by atoms with Gasteiger partial charge in [0.25, 0.3) is 17.7 Å². The summed E-state index contributed by atoms with van der Waals surface area (Å²) in [7, 11) is 1.49. The van der Waals surface area contributed by atoms with Crippen molar-refractivity contribution < 1.29 is 33.4 Å². The Morgan fingerprint density at radius 3 is 2.07 bits per heavy atom. The van der Waals surface area contributed by atoms with Crippen LogP contribution in [0, 0.1) is 23.7 Å². The van der Waals surface area contributed by atoms with Gasteiger partial charge in [0.1, 0.15) is 18.0 Å². The molecular weight excluding hydrogens is 560 g/mol. The second kappa shape index (κ2) is 10.9. The molecule has 3 amide bonds. The molecule has 0 aromatic heterocycles. The Balaban J connectivity index is 1.22. The highest BCUT2D eigenvalue weighted by molar-refractivity contribution is 6.30. The number of hydrogen-bond acceptors (Lipinski definition) is 7. The van der Waals surface area contributed by atoms with Gasteiger partial charge in [0.2, 0.25) is 0 Å². The molecule has 9 nitrogen and oxygen atoms in total. The van der Waals surface area contributed by atoms with E-state index in [4.69, 9.17) is 21.1 Å². The molecule has 212 valence electrons. The van der Waals surface area contributed by atoms with Crippen LogP contribution < -0.4 is 9.47 Å². The van der Waals surface area contributed by atoms with Gasteiger partial charge in [-0.25, -0.2) is 9.80 Å². The van der Waals surface area contributed by atoms with Crippen molar-refractivity contribution in [2.75, 3.05) is 13.7 Å². The van der Waals surface area contributed by atoms with Crippen molar-refractivity contribution in [3.8, 4) is 11.5 Å². The molecule has 2 bridgehead atoms. The number of carbonyl (C=O) groups excluding carboxylic acids is 5. The molecule has 1 heterocycles. The summed E-state index contributed by atoms with van der Waals surface area (Å²) in [5.41, 5.74) is 0.663. The molecule has 42 heavy (non-hydrogen) atoms. The van der Waals surface area contributed by atoms with Crippen LogP contribution in [0.15, 0.2) is 84.9 Å². The van der Waals surface area contributed by atoms with Gasteiger partial charge in [0.05, 0.1) is 24.5 Å². The zero-order valence-corrected chi connectivity index (χ0v) is 23.2. The topological polar surface area (TPSA) is 110 Å². The van der Waals surface area contributed by atoms with Crippen LogP contribution in [0.25, 0.3) is 0 Å². The summed E-state index contributed by atoms with van der Waals surface area (Å²) in [6.07, 6.45) is 4.65. The van der Waals surface area contributed by atoms with Gasteiger partial charge in [-0.2, -0.15) is 5.01 Å². The lowest BCUT2D eigenvalue weighted by Gasteiger charge is -2.30. The van der Waals surface area contributed by atoms with Gasteiger partial charge in [-0.15, -0.1) is 0 Å². The number of Topliss-reactive ketones (excluding diaryl/α,β-unsaturated/α-hetero) is 1. The molecule has 10 heteroatoms. The molecule has 1 saturated carbocycles. The van der Waals surface area contributed by atoms with Gasteiger partial charge in [0.15, 0.2) is 5.78 Å². The minimum Gasteiger partial charge on any atom is -0.497 e. The first-order valence-electron chi connectivity index (χ1n) is 13.4. The van der Waals surface area contributed by atoms with E-state index in [1.807, 2.05) is 12.2 Å². The number of nitrogens with zero attached hydrogens (tertiary/aromatic N) is 2. The van der Waals surface area contributed by atoms with E-state index in [0.717, 1.165) is 16.4 Å². The van der Waals surface area contributed by atoms with E-state index in [1.54, 1.807) is 24.3 Å². The summed E-state index contributed by atoms with van der Waals surface area (Å²) < 4.78 is 10.6. The van der Waals surface area contributed by atoms with Crippen molar-refractivity contribution in [1.82, 2.24) is 10.0 Å². The Morgan fingerprint density at radius 2 is 1.45 bits per heavy atom. The van der Waals surface area contributed by atoms with Crippen molar-refractivity contribution in [3.63, 3.8) is 0 Å². The zero-order valence-electron chi connectivity index (χ0n) is 22.4. The van der Waals surface area contributed by atoms with E-state index < -0.39 is 47.9 Å². The lowest BCUT2D eigenvalue weighted by Crippen LogP contribution is -2.52. The van der Waals surface area contributed by atoms with Crippen molar-refractivity contribution in [1.29, 1.82) is 0 Å². The summed E-state index contributed by atoms with van der Waals surface area (Å²) in [6.45, 7) is -0.552. The summed E-state index contributed by atoms with van der Waals surface area (Å²) in [5.74, 6) is -3.23. The zero-order chi connectivity index (χ0) is 29.5. The average molecular weight is 585 g/mol. The molecule has 1 saturated heterocycles. The molecule has 0 unspecified atom stereocenters. The number of amides is 3. The molecule has 0 radical (unpaired) electrons. The number of methoxy groups -OCH3 is 1. The fraction of sp³-hybridized carbons (Fsp3) is 0.219. The highest BCUT2D eigenvalue weighted by atomic mass is 35.5. The molecule has 4 atom stereocenters. The SMILES string of the molecule is COc1cccc(C(=O)Oc2ccc(C(=O)CN(C(=O)c3ccc(Cl)cc3)N3C(=O)[C@@H]4[C@H](C3=O)[C@H]3C=C[C@H]4C3)cc2)c1. The lowest BCUT2D eigenvalue weighted by atomic mass is 9.85. The van der Waals surface area contributed by atoms with E-state index in [2.05, 4.69) is 0 Å². The number of esters is 1. The van der Waals surface area contributed by atoms with E-state index in [1.165, 1.54) is 55.6 Å². The molecule has 1 aliphatic heterocycles. The average Bonchev–Trinajstić information content (AvgIpc) is 3.70. The fourth-order valence-electron chi connectivity index (χ4n) is 5.95. The van der Waals surface area contributed by atoms with Gasteiger partial charge in [-0.1, -0.05) is 29.8 Å². The van der Waals surface area contributed by atoms with E-state index in [-0.39, 0.29) is 28.7 Å². The maximum atomic E-state index is 13.7. The van der Waals surface area contributed by atoms with Crippen LogP contribution in [0.2, 0.25) is 5.02 Å². The number of allylic oxidation sites excluding steroid dienone is 2. The number of halogens is 1. The third-order valence-corrected chi connectivity index (χ3v) is 8.25. The van der Waals surface area contributed by atoms with Gasteiger partial charge < -0.3 is 9.47 Å². The second-order valence-corrected chi connectivity index (χ2v) is 10.9. The Bertz CT molecular complexity index is 1600. The van der Waals surface area contributed by atoms with Crippen LogP contribution in [0.1, 0.15) is 37.5 Å². The van der Waals surface area contributed by atoms with Gasteiger partial charge in [-0.05, 0) is 85.0 Å². The molecule has 0 N–H and O–H groups in total. The molecule has 2 fully saturated rings. The number of ketones is 1. The Kier molecular flexibility index (Phi) is 7.12. The number of hydrogen-bond donors (Lipinski definition) is 0. The number of fused-ring (bicyclic) bond motifs is 5. The van der Waals surface area contributed by atoms with Crippen LogP contribution in [0.4, 0.5) is 0 Å². The van der Waals surface area contributed by atoms with Crippen LogP contribution in [0.5, 0.6) is 11.5 Å². The minimum absolute atomic E-state index is 0.0585. The number of rotatable bonds is 8. The molecule has 3 aromatic carbocycles. The van der Waals surface area contributed by atoms with Gasteiger partial charge in [-0.3, -0.25) is 19.2 Å². The highest BCUT2D eigenvalue weighted by Crippen LogP contribution is 2.52. The van der Waals surface area contributed by atoms with Crippen molar-refractivity contribution in [2.45, 2.75) is 6.42 Å². The van der Waals surface area contributed by atoms with Gasteiger partial charge >= 0.3 is 5.97 Å². The Labute approximate surface area is 246 Å². The fourth-order valence-corrected chi connectivity index (χ4v) is 6.08. The van der Waals surface area contributed by atoms with Crippen molar-refractivity contribution >= 4 is 41.1 Å². The smallest absolute Gasteiger partial charge is 0.343 e. The summed E-state index contributed by atoms with van der Waals surface area (Å²) >= 11 is 5.99. The minimum atomic E-state index is -0.675. The lowest BCUT2D eigenvalue weighted by molar-refractivity contribution is -0.154. The molecule has 3 aromatic rings. The quantitative estimate of drug-likeness (QED) is 0.125. The molecule has 2 aliphatic carbocycles. The van der Waals surface area contributed by atoms with E-state index >= 15 is 0 Å². The first kappa shape index (κ1) is 27.4. The highest BCUT2D eigenvalue weighted by Gasteiger charge is 2.61. The summed E-state index contributed by atoms with van der Waals surface area (Å²) in [5, 5.41) is 2.21. The molecule has 3 aliphatic rings. The van der Waals surface area contributed by atoms with Crippen molar-refractivity contribution in [2.24, 2.45) is 23.7 Å². The monoisotopic (exact) mass is 584 g/mol. The van der Waals surface area contributed by atoms with E-state index in [9.17, 15) is 24.0 Å². The molecular formula is C32H25ClN2O7. The van der Waals surface area contributed by atoms with Crippen LogP contribution in [-0.2, 0) is 9.59 Å². The van der Waals surface area contributed by atoms with Crippen molar-refractivity contribution in [3.05, 3.63) is 107 Å². The van der Waals surface area contributed by atoms with Crippen LogP contribution >= 0.6 is 11.6 Å². The third kappa shape index (κ3) is 4.86. The predicted octanol–water partition coefficient (Wildman–Crippen LogP) is 4.62. The normalized spacial score (nSPS) is 21.8.